The van der Waals surface area contributed by atoms with E-state index in [4.69, 9.17) is 21.9 Å². The van der Waals surface area contributed by atoms with Crippen molar-refractivity contribution in [3.63, 3.8) is 0 Å². The van der Waals surface area contributed by atoms with Gasteiger partial charge in [-0.1, -0.05) is 16.8 Å². The number of piperazine rings is 1. The first-order valence-corrected chi connectivity index (χ1v) is 7.22. The zero-order chi connectivity index (χ0) is 15.7. The van der Waals surface area contributed by atoms with Gasteiger partial charge in [-0.05, 0) is 0 Å². The van der Waals surface area contributed by atoms with Crippen molar-refractivity contribution in [3.05, 3.63) is 22.4 Å². The lowest BCUT2D eigenvalue weighted by molar-refractivity contribution is 0.0619. The van der Waals surface area contributed by atoms with Gasteiger partial charge in [-0.3, -0.25) is 14.8 Å². The van der Waals surface area contributed by atoms with E-state index < -0.39 is 0 Å². The number of carbonyl (C=O) groups excluding carboxylic acids is 1. The number of nitrogens with one attached hydrogen (secondary N) is 1. The van der Waals surface area contributed by atoms with Gasteiger partial charge in [0.15, 0.2) is 11.6 Å². The summed E-state index contributed by atoms with van der Waals surface area (Å²) in [6.45, 7) is 4.99. The Morgan fingerprint density at radius 2 is 2.14 bits per heavy atom. The molecule has 3 rings (SSSR count). The van der Waals surface area contributed by atoms with E-state index in [1.165, 1.54) is 0 Å². The maximum atomic E-state index is 12.4. The van der Waals surface area contributed by atoms with Gasteiger partial charge in [-0.2, -0.15) is 10.1 Å². The zero-order valence-corrected chi connectivity index (χ0v) is 12.8. The molecule has 0 unspecified atom stereocenters. The van der Waals surface area contributed by atoms with Crippen molar-refractivity contribution in [2.24, 2.45) is 0 Å². The van der Waals surface area contributed by atoms with Crippen LogP contribution in [0.25, 0.3) is 0 Å². The number of halogens is 1. The second-order valence-corrected chi connectivity index (χ2v) is 5.47. The maximum absolute atomic E-state index is 12.4. The lowest BCUT2D eigenvalue weighted by atomic mass is 10.2. The summed E-state index contributed by atoms with van der Waals surface area (Å²) < 4.78 is 4.95. The minimum Gasteiger partial charge on any atom is -0.381 e. The summed E-state index contributed by atoms with van der Waals surface area (Å²) in [5.74, 6) is 1.15. The number of nitrogens with zero attached hydrogens (tertiary/aromatic N) is 5. The molecule has 3 N–H and O–H groups in total. The molecule has 1 saturated heterocycles. The summed E-state index contributed by atoms with van der Waals surface area (Å²) in [5, 5.41) is 10.4. The van der Waals surface area contributed by atoms with E-state index in [1.54, 1.807) is 11.8 Å². The molecule has 0 aromatic carbocycles. The van der Waals surface area contributed by atoms with Crippen LogP contribution in [0.5, 0.6) is 0 Å². The number of aryl methyl sites for hydroxylation is 1. The molecule has 9 nitrogen and oxygen atoms in total. The minimum absolute atomic E-state index is 0.135. The number of amides is 1. The predicted molar refractivity (Wildman–Crippen MR) is 78.2 cm³/mol. The molecule has 1 aliphatic heterocycles. The van der Waals surface area contributed by atoms with E-state index in [9.17, 15) is 4.79 Å². The Morgan fingerprint density at radius 3 is 2.68 bits per heavy atom. The van der Waals surface area contributed by atoms with Crippen LogP contribution in [0, 0.1) is 6.92 Å². The fourth-order valence-electron chi connectivity index (χ4n) is 2.36. The second-order valence-electron chi connectivity index (χ2n) is 5.10. The molecule has 1 aliphatic rings. The Balaban J connectivity index is 1.57. The predicted octanol–water partition coefficient (Wildman–Crippen LogP) is 0.295. The second kappa shape index (κ2) is 5.93. The number of nitrogens with two attached hydrogens (primary N) is 1. The van der Waals surface area contributed by atoms with Crippen LogP contribution in [0.3, 0.4) is 0 Å². The quantitative estimate of drug-likeness (QED) is 0.833. The Morgan fingerprint density at radius 1 is 1.41 bits per heavy atom. The molecule has 0 saturated carbocycles. The van der Waals surface area contributed by atoms with Gasteiger partial charge in [-0.15, -0.1) is 0 Å². The van der Waals surface area contributed by atoms with Gasteiger partial charge in [0.05, 0.1) is 6.54 Å². The van der Waals surface area contributed by atoms with Crippen molar-refractivity contribution in [1.82, 2.24) is 30.1 Å². The summed E-state index contributed by atoms with van der Waals surface area (Å²) in [6.07, 6.45) is 0. The smallest absolute Gasteiger partial charge is 0.273 e. The topological polar surface area (TPSA) is 117 Å². The van der Waals surface area contributed by atoms with Gasteiger partial charge in [0.1, 0.15) is 10.7 Å². The third kappa shape index (κ3) is 2.90. The molecule has 2 aromatic rings. The van der Waals surface area contributed by atoms with Crippen LogP contribution in [0.4, 0.5) is 5.82 Å². The van der Waals surface area contributed by atoms with E-state index in [2.05, 4.69) is 25.2 Å². The summed E-state index contributed by atoms with van der Waals surface area (Å²) >= 11 is 5.96. The number of aromatic nitrogens is 4. The van der Waals surface area contributed by atoms with Crippen molar-refractivity contribution in [3.8, 4) is 0 Å². The van der Waals surface area contributed by atoms with Gasteiger partial charge in [0, 0.05) is 33.1 Å². The molecule has 0 aliphatic carbocycles. The minimum atomic E-state index is -0.191. The number of rotatable bonds is 3. The molecule has 0 atom stereocenters. The SMILES string of the molecule is Cc1nc(CN2CCN(C(=O)c3[nH]nc(N)c3Cl)CC2)no1. The van der Waals surface area contributed by atoms with E-state index >= 15 is 0 Å². The molecule has 2 aromatic heterocycles. The van der Waals surface area contributed by atoms with E-state index in [0.29, 0.717) is 31.3 Å². The fourth-order valence-corrected chi connectivity index (χ4v) is 2.52. The first-order chi connectivity index (χ1) is 10.5. The van der Waals surface area contributed by atoms with Crippen LogP contribution in [-0.2, 0) is 6.54 Å². The number of hydrogen-bond acceptors (Lipinski definition) is 7. The average Bonchev–Trinajstić information content (AvgIpc) is 3.06. The normalized spacial score (nSPS) is 16.2. The van der Waals surface area contributed by atoms with Gasteiger partial charge in [0.2, 0.25) is 5.89 Å². The lowest BCUT2D eigenvalue weighted by Gasteiger charge is -2.33. The first-order valence-electron chi connectivity index (χ1n) is 6.84. The summed E-state index contributed by atoms with van der Waals surface area (Å²) in [7, 11) is 0. The van der Waals surface area contributed by atoms with Crippen LogP contribution in [-0.4, -0.2) is 62.2 Å². The number of H-pyrrole nitrogens is 1. The Kier molecular flexibility index (Phi) is 3.99. The van der Waals surface area contributed by atoms with Crippen LogP contribution >= 0.6 is 11.6 Å². The third-order valence-corrected chi connectivity index (χ3v) is 3.92. The van der Waals surface area contributed by atoms with Crippen molar-refractivity contribution < 1.29 is 9.32 Å². The lowest BCUT2D eigenvalue weighted by Crippen LogP contribution is -2.48. The number of carbonyl (C=O) groups is 1. The fraction of sp³-hybridized carbons (Fsp3) is 0.500. The molecule has 0 bridgehead atoms. The van der Waals surface area contributed by atoms with Crippen LogP contribution < -0.4 is 5.73 Å². The highest BCUT2D eigenvalue weighted by molar-refractivity contribution is 6.35. The third-order valence-electron chi connectivity index (χ3n) is 3.54. The zero-order valence-electron chi connectivity index (χ0n) is 12.0. The monoisotopic (exact) mass is 325 g/mol. The van der Waals surface area contributed by atoms with Crippen LogP contribution in [0.15, 0.2) is 4.52 Å². The summed E-state index contributed by atoms with van der Waals surface area (Å²) in [4.78, 5) is 20.4. The highest BCUT2D eigenvalue weighted by Crippen LogP contribution is 2.21. The molecular formula is C12H16ClN7O2. The van der Waals surface area contributed by atoms with Crippen molar-refractivity contribution in [2.45, 2.75) is 13.5 Å². The van der Waals surface area contributed by atoms with Crippen molar-refractivity contribution in [1.29, 1.82) is 0 Å². The number of anilines is 1. The first kappa shape index (κ1) is 14.8. The Bertz CT molecular complexity index is 675. The maximum Gasteiger partial charge on any atom is 0.273 e. The van der Waals surface area contributed by atoms with Gasteiger partial charge in [0.25, 0.3) is 5.91 Å². The van der Waals surface area contributed by atoms with Crippen molar-refractivity contribution >= 4 is 23.3 Å². The Labute approximate surface area is 131 Å². The summed E-state index contributed by atoms with van der Waals surface area (Å²) in [5.41, 5.74) is 5.78. The van der Waals surface area contributed by atoms with E-state index in [0.717, 1.165) is 13.1 Å². The highest BCUT2D eigenvalue weighted by Gasteiger charge is 2.26. The van der Waals surface area contributed by atoms with Gasteiger partial charge < -0.3 is 15.2 Å². The molecule has 10 heteroatoms. The largest absolute Gasteiger partial charge is 0.381 e. The van der Waals surface area contributed by atoms with Gasteiger partial charge in [-0.25, -0.2) is 0 Å². The molecule has 0 spiro atoms. The average molecular weight is 326 g/mol. The van der Waals surface area contributed by atoms with Crippen LogP contribution in [0.1, 0.15) is 22.2 Å². The number of aromatic amines is 1. The molecular weight excluding hydrogens is 310 g/mol. The van der Waals surface area contributed by atoms with Crippen molar-refractivity contribution in [2.75, 3.05) is 31.9 Å². The molecule has 1 amide bonds. The molecule has 22 heavy (non-hydrogen) atoms. The van der Waals surface area contributed by atoms with Crippen LogP contribution in [0.2, 0.25) is 5.02 Å². The molecule has 1 fully saturated rings. The highest BCUT2D eigenvalue weighted by atomic mass is 35.5. The number of hydrogen-bond donors (Lipinski definition) is 2. The van der Waals surface area contributed by atoms with E-state index in [1.807, 2.05) is 0 Å². The molecule has 118 valence electrons. The molecule has 3 heterocycles. The van der Waals surface area contributed by atoms with Gasteiger partial charge >= 0.3 is 0 Å². The Hall–Kier alpha value is -2.13. The molecule has 0 radical (unpaired) electrons. The number of nitrogen functional groups attached to an aromatic ring is 1. The summed E-state index contributed by atoms with van der Waals surface area (Å²) in [6, 6.07) is 0. The van der Waals surface area contributed by atoms with E-state index in [-0.39, 0.29) is 22.4 Å². The standard InChI is InChI=1S/C12H16ClN7O2/c1-7-15-8(18-22-7)6-19-2-4-20(5-3-19)12(21)10-9(13)11(14)17-16-10/h2-6H2,1H3,(H3,14,16,17).